The van der Waals surface area contributed by atoms with Gasteiger partial charge < -0.3 is 5.32 Å². The van der Waals surface area contributed by atoms with E-state index in [4.69, 9.17) is 11.6 Å². The lowest BCUT2D eigenvalue weighted by Crippen LogP contribution is -2.13. The van der Waals surface area contributed by atoms with E-state index in [2.05, 4.69) is 22.5 Å². The Morgan fingerprint density at radius 1 is 0.900 bits per heavy atom. The molecule has 0 atom stereocenters. The third-order valence-corrected chi connectivity index (χ3v) is 5.37. The molecule has 4 aromatic rings. The largest absolute Gasteiger partial charge is 0.319 e. The Kier molecular flexibility index (Phi) is 5.68. The third-order valence-electron chi connectivity index (χ3n) is 5.12. The van der Waals surface area contributed by atoms with Crippen molar-refractivity contribution in [3.63, 3.8) is 0 Å². The van der Waals surface area contributed by atoms with Crippen molar-refractivity contribution in [3.8, 4) is 11.1 Å². The van der Waals surface area contributed by atoms with E-state index in [0.29, 0.717) is 17.1 Å². The number of halogens is 1. The zero-order valence-electron chi connectivity index (χ0n) is 16.9. The van der Waals surface area contributed by atoms with Gasteiger partial charge in [-0.25, -0.2) is 0 Å². The van der Waals surface area contributed by atoms with Gasteiger partial charge in [0.2, 0.25) is 0 Å². The first-order chi connectivity index (χ1) is 14.5. The molecule has 0 bridgehead atoms. The Morgan fingerprint density at radius 3 is 2.20 bits per heavy atom. The predicted octanol–water partition coefficient (Wildman–Crippen LogP) is 6.12. The van der Waals surface area contributed by atoms with Crippen LogP contribution in [0.5, 0.6) is 0 Å². The fraction of sp³-hybridized carbons (Fsp3) is 0.120. The van der Waals surface area contributed by atoms with Crippen molar-refractivity contribution in [3.05, 3.63) is 106 Å². The minimum absolute atomic E-state index is 0.146. The first kappa shape index (κ1) is 19.9. The van der Waals surface area contributed by atoms with Crippen LogP contribution in [0.2, 0.25) is 5.02 Å². The van der Waals surface area contributed by atoms with Crippen LogP contribution in [0.3, 0.4) is 0 Å². The molecular formula is C25H22ClN3O. The van der Waals surface area contributed by atoms with E-state index in [9.17, 15) is 4.79 Å². The average Bonchev–Trinajstić information content (AvgIpc) is 3.03. The summed E-state index contributed by atoms with van der Waals surface area (Å²) >= 11 is 5.97. The molecule has 150 valence electrons. The van der Waals surface area contributed by atoms with E-state index in [1.54, 1.807) is 0 Å². The molecule has 0 aliphatic heterocycles. The lowest BCUT2D eigenvalue weighted by Gasteiger charge is -2.08. The number of anilines is 1. The van der Waals surface area contributed by atoms with Gasteiger partial charge in [0.05, 0.1) is 23.6 Å². The predicted molar refractivity (Wildman–Crippen MR) is 122 cm³/mol. The molecule has 0 saturated carbocycles. The molecule has 1 aromatic heterocycles. The molecule has 0 saturated heterocycles. The average molecular weight is 416 g/mol. The number of carbonyl (C=O) groups excluding carboxylic acids is 1. The number of nitrogens with one attached hydrogen (secondary N) is 1. The summed E-state index contributed by atoms with van der Waals surface area (Å²) in [5, 5.41) is 8.33. The van der Waals surface area contributed by atoms with Crippen molar-refractivity contribution in [1.82, 2.24) is 9.78 Å². The third kappa shape index (κ3) is 4.29. The van der Waals surface area contributed by atoms with Gasteiger partial charge in [-0.2, -0.15) is 5.10 Å². The van der Waals surface area contributed by atoms with Crippen LogP contribution in [-0.2, 0) is 6.54 Å². The summed E-state index contributed by atoms with van der Waals surface area (Å²) in [4.78, 5) is 12.8. The van der Waals surface area contributed by atoms with Crippen molar-refractivity contribution in [2.45, 2.75) is 20.4 Å². The first-order valence-electron chi connectivity index (χ1n) is 9.76. The second-order valence-electron chi connectivity index (χ2n) is 7.23. The molecule has 1 heterocycles. The fourth-order valence-corrected chi connectivity index (χ4v) is 3.55. The summed E-state index contributed by atoms with van der Waals surface area (Å²) in [6, 6.07) is 25.4. The van der Waals surface area contributed by atoms with Gasteiger partial charge in [-0.3, -0.25) is 9.48 Å². The molecule has 0 unspecified atom stereocenters. The van der Waals surface area contributed by atoms with E-state index >= 15 is 0 Å². The van der Waals surface area contributed by atoms with Crippen LogP contribution in [0.15, 0.2) is 78.9 Å². The van der Waals surface area contributed by atoms with Gasteiger partial charge in [0.15, 0.2) is 0 Å². The highest BCUT2D eigenvalue weighted by atomic mass is 35.5. The van der Waals surface area contributed by atoms with Crippen LogP contribution in [0.1, 0.15) is 27.3 Å². The van der Waals surface area contributed by atoms with Gasteiger partial charge >= 0.3 is 0 Å². The molecule has 1 amide bonds. The van der Waals surface area contributed by atoms with Crippen molar-refractivity contribution < 1.29 is 4.79 Å². The molecular weight excluding hydrogens is 394 g/mol. The van der Waals surface area contributed by atoms with Gasteiger partial charge in [-0.05, 0) is 54.8 Å². The van der Waals surface area contributed by atoms with Gasteiger partial charge in [0.1, 0.15) is 0 Å². The van der Waals surface area contributed by atoms with Crippen molar-refractivity contribution >= 4 is 23.2 Å². The van der Waals surface area contributed by atoms with E-state index in [1.165, 1.54) is 0 Å². The molecule has 0 aliphatic rings. The number of aryl methyl sites for hydroxylation is 1. The number of carbonyl (C=O) groups is 1. The van der Waals surface area contributed by atoms with Crippen LogP contribution in [0, 0.1) is 13.8 Å². The summed E-state index contributed by atoms with van der Waals surface area (Å²) in [6.45, 7) is 4.48. The van der Waals surface area contributed by atoms with Gasteiger partial charge in [-0.15, -0.1) is 0 Å². The number of rotatable bonds is 5. The SMILES string of the molecule is Cc1nn(Cc2ccc(Cl)cc2)c(C)c1NC(=O)c1ccc(-c2ccccc2)cc1. The van der Waals surface area contributed by atoms with Crippen LogP contribution < -0.4 is 5.32 Å². The topological polar surface area (TPSA) is 46.9 Å². The summed E-state index contributed by atoms with van der Waals surface area (Å²) in [6.07, 6.45) is 0. The number of nitrogens with zero attached hydrogens (tertiary/aromatic N) is 2. The van der Waals surface area contributed by atoms with Gasteiger partial charge in [0.25, 0.3) is 5.91 Å². The van der Waals surface area contributed by atoms with Crippen molar-refractivity contribution in [2.24, 2.45) is 0 Å². The number of hydrogen-bond acceptors (Lipinski definition) is 2. The highest BCUT2D eigenvalue weighted by Gasteiger charge is 2.15. The van der Waals surface area contributed by atoms with E-state index in [0.717, 1.165) is 33.8 Å². The summed E-state index contributed by atoms with van der Waals surface area (Å²) in [7, 11) is 0. The molecule has 0 spiro atoms. The van der Waals surface area contributed by atoms with E-state index in [-0.39, 0.29) is 5.91 Å². The highest BCUT2D eigenvalue weighted by molar-refractivity contribution is 6.30. The lowest BCUT2D eigenvalue weighted by atomic mass is 10.0. The normalized spacial score (nSPS) is 10.8. The first-order valence-corrected chi connectivity index (χ1v) is 10.1. The molecule has 0 aliphatic carbocycles. The molecule has 4 nitrogen and oxygen atoms in total. The Balaban J connectivity index is 1.50. The molecule has 5 heteroatoms. The van der Waals surface area contributed by atoms with Gasteiger partial charge in [0, 0.05) is 10.6 Å². The fourth-order valence-electron chi connectivity index (χ4n) is 3.42. The number of benzene rings is 3. The summed E-state index contributed by atoms with van der Waals surface area (Å²) < 4.78 is 1.90. The Labute approximate surface area is 181 Å². The monoisotopic (exact) mass is 415 g/mol. The number of amides is 1. The molecule has 3 aromatic carbocycles. The Bertz CT molecular complexity index is 1160. The minimum Gasteiger partial charge on any atom is -0.319 e. The quantitative estimate of drug-likeness (QED) is 0.426. The Hall–Kier alpha value is -3.37. The zero-order valence-corrected chi connectivity index (χ0v) is 17.6. The van der Waals surface area contributed by atoms with Crippen LogP contribution >= 0.6 is 11.6 Å². The van der Waals surface area contributed by atoms with Crippen LogP contribution in [0.4, 0.5) is 5.69 Å². The second-order valence-corrected chi connectivity index (χ2v) is 7.66. The molecule has 0 radical (unpaired) electrons. The molecule has 30 heavy (non-hydrogen) atoms. The molecule has 1 N–H and O–H groups in total. The Morgan fingerprint density at radius 2 is 1.53 bits per heavy atom. The standard InChI is InChI=1S/C25H22ClN3O/c1-17-24(18(2)29(28-17)16-19-8-14-23(26)15-9-19)27-25(30)22-12-10-21(11-13-22)20-6-4-3-5-7-20/h3-15H,16H2,1-2H3,(H,27,30). The van der Waals surface area contributed by atoms with E-state index in [1.807, 2.05) is 85.3 Å². The van der Waals surface area contributed by atoms with Crippen LogP contribution in [-0.4, -0.2) is 15.7 Å². The van der Waals surface area contributed by atoms with Crippen LogP contribution in [0.25, 0.3) is 11.1 Å². The maximum Gasteiger partial charge on any atom is 0.255 e. The minimum atomic E-state index is -0.146. The molecule has 4 rings (SSSR count). The van der Waals surface area contributed by atoms with E-state index < -0.39 is 0 Å². The zero-order chi connectivity index (χ0) is 21.1. The number of aromatic nitrogens is 2. The maximum absolute atomic E-state index is 12.8. The summed E-state index contributed by atoms with van der Waals surface area (Å²) in [5.41, 5.74) is 6.36. The van der Waals surface area contributed by atoms with Crippen molar-refractivity contribution in [2.75, 3.05) is 5.32 Å². The lowest BCUT2D eigenvalue weighted by molar-refractivity contribution is 0.102. The number of hydrogen-bond donors (Lipinski definition) is 1. The molecule has 0 fully saturated rings. The smallest absolute Gasteiger partial charge is 0.255 e. The second kappa shape index (κ2) is 8.56. The van der Waals surface area contributed by atoms with Crippen molar-refractivity contribution in [1.29, 1.82) is 0 Å². The van der Waals surface area contributed by atoms with Gasteiger partial charge in [-0.1, -0.05) is 66.2 Å². The summed E-state index contributed by atoms with van der Waals surface area (Å²) in [5.74, 6) is -0.146. The maximum atomic E-state index is 12.8. The highest BCUT2D eigenvalue weighted by Crippen LogP contribution is 2.23.